The van der Waals surface area contributed by atoms with Gasteiger partial charge in [-0.3, -0.25) is 9.59 Å². The number of para-hydroxylation sites is 1. The maximum atomic E-state index is 12.7. The van der Waals surface area contributed by atoms with Gasteiger partial charge in [0.1, 0.15) is 0 Å². The number of benzene rings is 2. The Balaban J connectivity index is 1.66. The summed E-state index contributed by atoms with van der Waals surface area (Å²) in [7, 11) is 1.20. The number of anilines is 1. The average Bonchev–Trinajstić information content (AvgIpc) is 2.91. The number of carbonyl (C=O) groups excluding carboxylic acids is 2. The molecule has 9 heteroatoms. The molecule has 3 rings (SSSR count). The van der Waals surface area contributed by atoms with Crippen LogP contribution in [0.25, 0.3) is 0 Å². The summed E-state index contributed by atoms with van der Waals surface area (Å²) in [6.45, 7) is 1.57. The predicted molar refractivity (Wildman–Crippen MR) is 115 cm³/mol. The van der Waals surface area contributed by atoms with Crippen LogP contribution < -0.4 is 10.2 Å². The number of hydrogen-bond donors (Lipinski definition) is 1. The summed E-state index contributed by atoms with van der Waals surface area (Å²) in [4.78, 5) is 29.1. The zero-order chi connectivity index (χ0) is 21.9. The van der Waals surface area contributed by atoms with Gasteiger partial charge >= 0.3 is 0 Å². The van der Waals surface area contributed by atoms with E-state index in [1.54, 1.807) is 4.90 Å². The third-order valence-corrected chi connectivity index (χ3v) is 6.91. The first kappa shape index (κ1) is 21.8. The zero-order valence-electron chi connectivity index (χ0n) is 17.3. The summed E-state index contributed by atoms with van der Waals surface area (Å²) < 4.78 is 25.6. The molecule has 2 amide bonds. The molecule has 1 heterocycles. The van der Waals surface area contributed by atoms with Crippen LogP contribution in [-0.2, 0) is 21.4 Å². The Morgan fingerprint density at radius 2 is 1.80 bits per heavy atom. The van der Waals surface area contributed by atoms with Gasteiger partial charge in [0.15, 0.2) is 0 Å². The first-order valence-electron chi connectivity index (χ1n) is 9.58. The summed E-state index contributed by atoms with van der Waals surface area (Å²) in [5.41, 5.74) is 2.33. The van der Waals surface area contributed by atoms with Crippen LogP contribution in [0.2, 0.25) is 0 Å². The maximum absolute atomic E-state index is 12.7. The van der Waals surface area contributed by atoms with Crippen molar-refractivity contribution >= 4 is 27.5 Å². The van der Waals surface area contributed by atoms with Crippen molar-refractivity contribution in [2.45, 2.75) is 11.4 Å². The van der Waals surface area contributed by atoms with E-state index in [0.717, 1.165) is 15.6 Å². The van der Waals surface area contributed by atoms with Gasteiger partial charge in [-0.05, 0) is 29.8 Å². The molecule has 1 aliphatic heterocycles. The zero-order valence-corrected chi connectivity index (χ0v) is 18.1. The topological polar surface area (TPSA) is 90.0 Å². The van der Waals surface area contributed by atoms with E-state index in [1.165, 1.54) is 38.4 Å². The molecule has 2 aromatic rings. The highest BCUT2D eigenvalue weighted by molar-refractivity contribution is 7.89. The Morgan fingerprint density at radius 1 is 1.07 bits per heavy atom. The van der Waals surface area contributed by atoms with Crippen LogP contribution >= 0.6 is 0 Å². The van der Waals surface area contributed by atoms with Gasteiger partial charge in [-0.1, -0.05) is 24.3 Å². The fraction of sp³-hybridized carbons (Fsp3) is 0.333. The Morgan fingerprint density at radius 3 is 2.53 bits per heavy atom. The van der Waals surface area contributed by atoms with E-state index in [-0.39, 0.29) is 22.9 Å². The smallest absolute Gasteiger partial charge is 0.251 e. The fourth-order valence-electron chi connectivity index (χ4n) is 3.28. The molecule has 0 bridgehead atoms. The van der Waals surface area contributed by atoms with Gasteiger partial charge in [-0.15, -0.1) is 0 Å². The van der Waals surface area contributed by atoms with Crippen LogP contribution in [0.4, 0.5) is 5.69 Å². The number of carbonyl (C=O) groups is 2. The quantitative estimate of drug-likeness (QED) is 0.769. The van der Waals surface area contributed by atoms with E-state index >= 15 is 0 Å². The number of fused-ring (bicyclic) bond motifs is 1. The molecular weight excluding hydrogens is 404 g/mol. The first-order valence-corrected chi connectivity index (χ1v) is 11.0. The molecule has 8 nitrogen and oxygen atoms in total. The molecule has 0 unspecified atom stereocenters. The fourth-order valence-corrected chi connectivity index (χ4v) is 4.23. The van der Waals surface area contributed by atoms with Crippen molar-refractivity contribution in [2.75, 3.05) is 45.7 Å². The highest BCUT2D eigenvalue weighted by Crippen LogP contribution is 2.23. The van der Waals surface area contributed by atoms with Crippen LogP contribution in [0.5, 0.6) is 0 Å². The molecule has 0 saturated carbocycles. The second-order valence-corrected chi connectivity index (χ2v) is 9.52. The van der Waals surface area contributed by atoms with E-state index < -0.39 is 15.9 Å². The highest BCUT2D eigenvalue weighted by Gasteiger charge is 2.22. The summed E-state index contributed by atoms with van der Waals surface area (Å²) in [6.07, 6.45) is 0. The van der Waals surface area contributed by atoms with Gasteiger partial charge in [-0.25, -0.2) is 12.7 Å². The predicted octanol–water partition coefficient (Wildman–Crippen LogP) is 1.15. The highest BCUT2D eigenvalue weighted by atomic mass is 32.2. The second-order valence-electron chi connectivity index (χ2n) is 7.36. The number of nitrogens with one attached hydrogen (secondary N) is 1. The average molecular weight is 431 g/mol. The summed E-state index contributed by atoms with van der Waals surface area (Å²) in [6, 6.07) is 13.7. The maximum Gasteiger partial charge on any atom is 0.251 e. The molecule has 0 saturated heterocycles. The third kappa shape index (κ3) is 4.63. The lowest BCUT2D eigenvalue weighted by Crippen LogP contribution is -2.41. The molecule has 0 aliphatic carbocycles. The minimum absolute atomic E-state index is 0.0265. The van der Waals surface area contributed by atoms with E-state index in [4.69, 9.17) is 0 Å². The van der Waals surface area contributed by atoms with Crippen molar-refractivity contribution in [3.05, 3.63) is 59.7 Å². The van der Waals surface area contributed by atoms with Crippen molar-refractivity contribution in [3.8, 4) is 0 Å². The van der Waals surface area contributed by atoms with Crippen LogP contribution in [-0.4, -0.2) is 70.2 Å². The SMILES string of the molecule is CN1CCN(C(=O)CNC(=O)c2cccc(S(=O)(=O)N(C)C)c2)Cc2ccccc21. The molecule has 0 atom stereocenters. The standard InChI is InChI=1S/C21H26N4O4S/c1-23(2)30(28,29)18-9-6-8-16(13-18)21(27)22-14-20(26)25-12-11-24(3)19-10-5-4-7-17(19)15-25/h4-10,13H,11-12,14-15H2,1-3H3,(H,22,27). The third-order valence-electron chi connectivity index (χ3n) is 5.10. The minimum atomic E-state index is -3.65. The van der Waals surface area contributed by atoms with Crippen molar-refractivity contribution in [3.63, 3.8) is 0 Å². The number of nitrogens with zero attached hydrogens (tertiary/aromatic N) is 3. The molecule has 2 aromatic carbocycles. The molecule has 0 fully saturated rings. The first-order chi connectivity index (χ1) is 14.2. The van der Waals surface area contributed by atoms with Crippen molar-refractivity contribution in [1.29, 1.82) is 0 Å². The van der Waals surface area contributed by atoms with Crippen LogP contribution in [0.3, 0.4) is 0 Å². The molecule has 160 valence electrons. The van der Waals surface area contributed by atoms with Crippen molar-refractivity contribution in [1.82, 2.24) is 14.5 Å². The Bertz CT molecular complexity index is 1050. The van der Waals surface area contributed by atoms with Gasteiger partial charge in [-0.2, -0.15) is 0 Å². The Labute approximate surface area is 177 Å². The lowest BCUT2D eigenvalue weighted by atomic mass is 10.1. The lowest BCUT2D eigenvalue weighted by molar-refractivity contribution is -0.130. The molecule has 0 spiro atoms. The molecule has 0 aromatic heterocycles. The Hall–Kier alpha value is -2.91. The summed E-state index contributed by atoms with van der Waals surface area (Å²) >= 11 is 0. The Kier molecular flexibility index (Phi) is 6.42. The van der Waals surface area contributed by atoms with E-state index in [1.807, 2.05) is 31.3 Å². The summed E-state index contributed by atoms with van der Waals surface area (Å²) in [5, 5.41) is 2.61. The monoisotopic (exact) mass is 430 g/mol. The molecular formula is C21H26N4O4S. The van der Waals surface area contributed by atoms with Gasteiger partial charge in [0, 0.05) is 52.0 Å². The normalized spacial score (nSPS) is 14.3. The van der Waals surface area contributed by atoms with Crippen LogP contribution in [0.15, 0.2) is 53.4 Å². The number of rotatable bonds is 5. The molecule has 30 heavy (non-hydrogen) atoms. The molecule has 1 aliphatic rings. The number of hydrogen-bond acceptors (Lipinski definition) is 5. The largest absolute Gasteiger partial charge is 0.373 e. The second kappa shape index (κ2) is 8.85. The summed E-state index contributed by atoms with van der Waals surface area (Å²) in [5.74, 6) is -0.683. The minimum Gasteiger partial charge on any atom is -0.373 e. The van der Waals surface area contributed by atoms with E-state index in [2.05, 4.69) is 10.2 Å². The van der Waals surface area contributed by atoms with E-state index in [9.17, 15) is 18.0 Å². The van der Waals surface area contributed by atoms with E-state index in [0.29, 0.717) is 19.6 Å². The van der Waals surface area contributed by atoms with Crippen molar-refractivity contribution in [2.24, 2.45) is 0 Å². The van der Waals surface area contributed by atoms with Crippen LogP contribution in [0.1, 0.15) is 15.9 Å². The van der Waals surface area contributed by atoms with Gasteiger partial charge in [0.2, 0.25) is 15.9 Å². The number of amides is 2. The number of likely N-dealkylation sites (N-methyl/N-ethyl adjacent to an activating group) is 1. The van der Waals surface area contributed by atoms with Crippen molar-refractivity contribution < 1.29 is 18.0 Å². The molecule has 0 radical (unpaired) electrons. The number of sulfonamides is 1. The van der Waals surface area contributed by atoms with Gasteiger partial charge in [0.25, 0.3) is 5.91 Å². The lowest BCUT2D eigenvalue weighted by Gasteiger charge is -2.21. The van der Waals surface area contributed by atoms with Gasteiger partial charge in [0.05, 0.1) is 11.4 Å². The molecule has 1 N–H and O–H groups in total. The van der Waals surface area contributed by atoms with Gasteiger partial charge < -0.3 is 15.1 Å². The van der Waals surface area contributed by atoms with Crippen LogP contribution in [0, 0.1) is 0 Å².